The smallest absolute Gasteiger partial charge is 0.418 e. The summed E-state index contributed by atoms with van der Waals surface area (Å²) < 4.78 is 71.9. The van der Waals surface area contributed by atoms with Crippen LogP contribution in [0, 0.1) is 0 Å². The van der Waals surface area contributed by atoms with E-state index < -0.39 is 44.6 Å². The van der Waals surface area contributed by atoms with Gasteiger partial charge in [0.15, 0.2) is 0 Å². The molecule has 2 unspecified atom stereocenters. The molecule has 33 heavy (non-hydrogen) atoms. The Balaban J connectivity index is 2.29. The maximum Gasteiger partial charge on any atom is 0.418 e. The molecule has 2 atom stereocenters. The van der Waals surface area contributed by atoms with Crippen LogP contribution in [0.3, 0.4) is 0 Å². The molecule has 12 heteroatoms. The molecule has 1 amide bonds. The van der Waals surface area contributed by atoms with Crippen molar-refractivity contribution in [2.45, 2.75) is 43.2 Å². The van der Waals surface area contributed by atoms with E-state index in [0.29, 0.717) is 18.9 Å². The number of benzene rings is 2. The fourth-order valence-electron chi connectivity index (χ4n) is 4.12. The summed E-state index contributed by atoms with van der Waals surface area (Å²) in [5, 5.41) is 4.14. The molecule has 1 aliphatic carbocycles. The number of carbonyl (C=O) groups is 1. The zero-order chi connectivity index (χ0) is 24.6. The molecule has 0 spiro atoms. The first-order chi connectivity index (χ1) is 15.3. The highest BCUT2D eigenvalue weighted by Crippen LogP contribution is 2.42. The molecular weight excluding hydrogens is 504 g/mol. The number of anilines is 1. The van der Waals surface area contributed by atoms with Gasteiger partial charge >= 0.3 is 6.18 Å². The Morgan fingerprint density at radius 3 is 2.30 bits per heavy atom. The summed E-state index contributed by atoms with van der Waals surface area (Å²) in [7, 11) is -2.89. The van der Waals surface area contributed by atoms with Crippen molar-refractivity contribution in [3.63, 3.8) is 0 Å². The van der Waals surface area contributed by atoms with E-state index in [1.54, 1.807) is 0 Å². The molecule has 0 radical (unpaired) electrons. The molecule has 180 valence electrons. The van der Waals surface area contributed by atoms with E-state index in [9.17, 15) is 26.4 Å². The highest BCUT2D eigenvalue weighted by Gasteiger charge is 2.44. The molecule has 2 N–H and O–H groups in total. The summed E-state index contributed by atoms with van der Waals surface area (Å²) in [5.74, 6) is -0.831. The lowest BCUT2D eigenvalue weighted by Gasteiger charge is -2.40. The summed E-state index contributed by atoms with van der Waals surface area (Å²) in [6, 6.07) is 5.92. The van der Waals surface area contributed by atoms with Crippen LogP contribution in [0.1, 0.15) is 41.6 Å². The summed E-state index contributed by atoms with van der Waals surface area (Å²) in [6.45, 7) is 0. The number of halogens is 5. The molecule has 1 aliphatic rings. The number of amides is 1. The Morgan fingerprint density at radius 1 is 1.09 bits per heavy atom. The molecule has 0 saturated heterocycles. The van der Waals surface area contributed by atoms with Crippen molar-refractivity contribution in [1.82, 2.24) is 0 Å². The first kappa shape index (κ1) is 25.6. The zero-order valence-corrected chi connectivity index (χ0v) is 19.7. The van der Waals surface area contributed by atoms with Crippen LogP contribution in [0.15, 0.2) is 36.4 Å². The average molecular weight is 525 g/mol. The molecule has 3 rings (SSSR count). The van der Waals surface area contributed by atoms with E-state index in [2.05, 4.69) is 0 Å². The van der Waals surface area contributed by atoms with E-state index in [-0.39, 0.29) is 34.2 Å². The Kier molecular flexibility index (Phi) is 7.52. The van der Waals surface area contributed by atoms with Gasteiger partial charge in [0.25, 0.3) is 5.91 Å². The zero-order valence-electron chi connectivity index (χ0n) is 17.4. The molecular formula is C21H21Cl2F3N2O4S. The molecule has 6 nitrogen and oxygen atoms in total. The van der Waals surface area contributed by atoms with Gasteiger partial charge in [-0.1, -0.05) is 36.0 Å². The van der Waals surface area contributed by atoms with Crippen LogP contribution < -0.4 is 14.8 Å². The summed E-state index contributed by atoms with van der Waals surface area (Å²) >= 11 is 11.9. The summed E-state index contributed by atoms with van der Waals surface area (Å²) in [5.41, 5.74) is -1.82. The number of hydrogen-bond acceptors (Lipinski definition) is 4. The fourth-order valence-corrected chi connectivity index (χ4v) is 5.65. The number of nitrogens with two attached hydrogens (primary N) is 1. The lowest BCUT2D eigenvalue weighted by Crippen LogP contribution is -2.53. The minimum Gasteiger partial charge on any atom is -0.496 e. The molecule has 1 saturated carbocycles. The largest absolute Gasteiger partial charge is 0.496 e. The van der Waals surface area contributed by atoms with E-state index in [1.165, 1.54) is 31.4 Å². The predicted octanol–water partition coefficient (Wildman–Crippen LogP) is 5.27. The second kappa shape index (κ2) is 9.69. The van der Waals surface area contributed by atoms with E-state index in [1.807, 2.05) is 0 Å². The third-order valence-corrected chi connectivity index (χ3v) is 7.42. The quantitative estimate of drug-likeness (QED) is 0.576. The van der Waals surface area contributed by atoms with Gasteiger partial charge in [-0.15, -0.1) is 0 Å². The minimum atomic E-state index is -4.87. The number of ether oxygens (including phenoxy) is 1. The van der Waals surface area contributed by atoms with Gasteiger partial charge in [-0.3, -0.25) is 4.79 Å². The monoisotopic (exact) mass is 524 g/mol. The van der Waals surface area contributed by atoms with E-state index in [4.69, 9.17) is 33.1 Å². The molecule has 0 aromatic heterocycles. The van der Waals surface area contributed by atoms with Crippen LogP contribution in [-0.2, 0) is 16.2 Å². The van der Waals surface area contributed by atoms with Crippen LogP contribution >= 0.6 is 23.2 Å². The summed E-state index contributed by atoms with van der Waals surface area (Å²) in [4.78, 5) is 14.6. The van der Waals surface area contributed by atoms with Gasteiger partial charge < -0.3 is 9.64 Å². The number of alkyl halides is 3. The lowest BCUT2D eigenvalue weighted by molar-refractivity contribution is -0.137. The number of rotatable bonds is 5. The maximum atomic E-state index is 14.0. The number of carbonyl (C=O) groups excluding carboxylic acids is 1. The van der Waals surface area contributed by atoms with Crippen LogP contribution in [0.25, 0.3) is 0 Å². The highest BCUT2D eigenvalue weighted by molar-refractivity contribution is 7.89. The second-order valence-electron chi connectivity index (χ2n) is 7.66. The van der Waals surface area contributed by atoms with Crippen LogP contribution in [0.5, 0.6) is 5.75 Å². The molecule has 0 heterocycles. The number of nitrogens with zero attached hydrogens (tertiary/aromatic N) is 1. The maximum absolute atomic E-state index is 14.0. The molecule has 0 bridgehead atoms. The van der Waals surface area contributed by atoms with Gasteiger partial charge in [-0.05, 0) is 49.2 Å². The van der Waals surface area contributed by atoms with Gasteiger partial charge in [-0.2, -0.15) is 13.2 Å². The van der Waals surface area contributed by atoms with Crippen molar-refractivity contribution >= 4 is 44.8 Å². The van der Waals surface area contributed by atoms with Crippen molar-refractivity contribution in [3.05, 3.63) is 57.6 Å². The van der Waals surface area contributed by atoms with Crippen molar-refractivity contribution in [2.24, 2.45) is 5.14 Å². The number of methoxy groups -OCH3 is 1. The molecule has 0 aliphatic heterocycles. The highest BCUT2D eigenvalue weighted by atomic mass is 35.5. The average Bonchev–Trinajstić information content (AvgIpc) is 2.73. The van der Waals surface area contributed by atoms with Crippen LogP contribution in [-0.4, -0.2) is 32.7 Å². The third-order valence-electron chi connectivity index (χ3n) is 5.56. The number of sulfonamides is 1. The normalized spacial score (nSPS) is 19.2. The Bertz CT molecular complexity index is 1160. The van der Waals surface area contributed by atoms with Gasteiger partial charge in [0.1, 0.15) is 5.75 Å². The number of hydrogen-bond donors (Lipinski definition) is 1. The SMILES string of the molecule is COc1ccc(Cl)cc1C(=O)N(c1ccc(Cl)cc1C(F)(F)F)C1CCCCC1S(N)(=O)=O. The van der Waals surface area contributed by atoms with Crippen LogP contribution in [0.2, 0.25) is 10.0 Å². The minimum absolute atomic E-state index is 0.0693. The van der Waals surface area contributed by atoms with Gasteiger partial charge in [0.05, 0.1) is 35.2 Å². The van der Waals surface area contributed by atoms with E-state index >= 15 is 0 Å². The van der Waals surface area contributed by atoms with Crippen molar-refractivity contribution in [2.75, 3.05) is 12.0 Å². The van der Waals surface area contributed by atoms with Crippen LogP contribution in [0.4, 0.5) is 18.9 Å². The second-order valence-corrected chi connectivity index (χ2v) is 10.3. The van der Waals surface area contributed by atoms with Crippen molar-refractivity contribution in [1.29, 1.82) is 0 Å². The molecule has 2 aromatic carbocycles. The third kappa shape index (κ3) is 5.56. The Morgan fingerprint density at radius 2 is 1.70 bits per heavy atom. The molecule has 2 aromatic rings. The van der Waals surface area contributed by atoms with Crippen molar-refractivity contribution < 1.29 is 31.1 Å². The number of primary sulfonamides is 1. The fraction of sp³-hybridized carbons (Fsp3) is 0.381. The standard InChI is InChI=1S/C21H21Cl2F3N2O4S/c1-32-18-9-7-12(22)10-14(18)20(29)28(17-4-2-3-5-19(17)33(27,30)31)16-8-6-13(23)11-15(16)21(24,25)26/h6-11,17,19H,2-5H2,1H3,(H2,27,30,31). The molecule has 1 fully saturated rings. The lowest BCUT2D eigenvalue weighted by atomic mass is 9.92. The van der Waals surface area contributed by atoms with Gasteiger partial charge in [0.2, 0.25) is 10.0 Å². The Labute approximate surface area is 199 Å². The predicted molar refractivity (Wildman–Crippen MR) is 120 cm³/mol. The van der Waals surface area contributed by atoms with Crippen molar-refractivity contribution in [3.8, 4) is 5.75 Å². The van der Waals surface area contributed by atoms with E-state index in [0.717, 1.165) is 11.0 Å². The Hall–Kier alpha value is -2.01. The first-order valence-electron chi connectivity index (χ1n) is 9.90. The topological polar surface area (TPSA) is 89.7 Å². The first-order valence-corrected chi connectivity index (χ1v) is 12.3. The van der Waals surface area contributed by atoms with Gasteiger partial charge in [-0.25, -0.2) is 13.6 Å². The summed E-state index contributed by atoms with van der Waals surface area (Å²) in [6.07, 6.45) is -3.62. The van der Waals surface area contributed by atoms with Gasteiger partial charge in [0, 0.05) is 10.0 Å².